The van der Waals surface area contributed by atoms with E-state index in [9.17, 15) is 4.79 Å². The number of aromatic nitrogens is 2. The first kappa shape index (κ1) is 16.4. The Morgan fingerprint density at radius 3 is 2.75 bits per heavy atom. The normalized spacial score (nSPS) is 10.9. The summed E-state index contributed by atoms with van der Waals surface area (Å²) in [5.74, 6) is -0.0157. The van der Waals surface area contributed by atoms with Gasteiger partial charge in [0.25, 0.3) is 0 Å². The molecule has 0 radical (unpaired) electrons. The minimum absolute atomic E-state index is 0.149. The molecule has 0 fully saturated rings. The lowest BCUT2D eigenvalue weighted by molar-refractivity contribution is -0.137. The number of benzene rings is 1. The molecular weight excluding hydrogens is 322 g/mol. The van der Waals surface area contributed by atoms with Crippen molar-refractivity contribution >= 4 is 33.3 Å². The number of thiophene rings is 1. The monoisotopic (exact) mass is 341 g/mol. The lowest BCUT2D eigenvalue weighted by Crippen LogP contribution is -2.06. The van der Waals surface area contributed by atoms with Gasteiger partial charge in [-0.3, -0.25) is 4.79 Å². The smallest absolute Gasteiger partial charge is 0.303 e. The summed E-state index contributed by atoms with van der Waals surface area (Å²) in [4.78, 5) is 20.3. The van der Waals surface area contributed by atoms with Crippen molar-refractivity contribution in [3.8, 4) is 11.1 Å². The topological polar surface area (TPSA) is 75.1 Å². The minimum atomic E-state index is -0.781. The van der Waals surface area contributed by atoms with Crippen LogP contribution in [0.5, 0.6) is 0 Å². The molecule has 0 spiro atoms. The molecule has 0 aliphatic heterocycles. The number of rotatable bonds is 7. The molecule has 3 rings (SSSR count). The van der Waals surface area contributed by atoms with Gasteiger partial charge in [0.2, 0.25) is 0 Å². The summed E-state index contributed by atoms with van der Waals surface area (Å²) < 4.78 is 0. The van der Waals surface area contributed by atoms with Crippen LogP contribution in [0.2, 0.25) is 0 Å². The molecule has 0 bridgehead atoms. The summed E-state index contributed by atoms with van der Waals surface area (Å²) in [6.07, 6.45) is 3.27. The maximum absolute atomic E-state index is 10.6. The molecule has 124 valence electrons. The summed E-state index contributed by atoms with van der Waals surface area (Å²) in [6, 6.07) is 8.54. The Morgan fingerprint density at radius 2 is 2.04 bits per heavy atom. The van der Waals surface area contributed by atoms with Crippen molar-refractivity contribution in [1.82, 2.24) is 9.97 Å². The Hall–Kier alpha value is -2.47. The fourth-order valence-corrected chi connectivity index (χ4v) is 3.50. The van der Waals surface area contributed by atoms with Crippen LogP contribution in [0.3, 0.4) is 0 Å². The van der Waals surface area contributed by atoms with Gasteiger partial charge in [-0.25, -0.2) is 9.97 Å². The van der Waals surface area contributed by atoms with Gasteiger partial charge in [0.15, 0.2) is 0 Å². The number of aryl methyl sites for hydroxylation is 1. The van der Waals surface area contributed by atoms with E-state index in [2.05, 4.69) is 51.9 Å². The van der Waals surface area contributed by atoms with E-state index < -0.39 is 5.97 Å². The highest BCUT2D eigenvalue weighted by Crippen LogP contribution is 2.36. The predicted octanol–water partition coefficient (Wildman–Crippen LogP) is 4.20. The van der Waals surface area contributed by atoms with Crippen molar-refractivity contribution in [3.05, 3.63) is 41.5 Å². The molecule has 2 aromatic heterocycles. The summed E-state index contributed by atoms with van der Waals surface area (Å²) in [5, 5.41) is 15.1. The molecule has 1 aromatic carbocycles. The summed E-state index contributed by atoms with van der Waals surface area (Å²) in [6.45, 7) is 2.71. The van der Waals surface area contributed by atoms with Crippen LogP contribution in [0.25, 0.3) is 21.3 Å². The van der Waals surface area contributed by atoms with E-state index in [0.717, 1.165) is 33.6 Å². The summed E-state index contributed by atoms with van der Waals surface area (Å²) in [7, 11) is 0. The maximum Gasteiger partial charge on any atom is 0.303 e. The van der Waals surface area contributed by atoms with Gasteiger partial charge in [-0.05, 0) is 24.0 Å². The first-order chi connectivity index (χ1) is 11.7. The third-order valence-electron chi connectivity index (χ3n) is 3.90. The zero-order valence-electron chi connectivity index (χ0n) is 13.5. The van der Waals surface area contributed by atoms with Crippen LogP contribution in [-0.2, 0) is 11.2 Å². The summed E-state index contributed by atoms with van der Waals surface area (Å²) >= 11 is 1.59. The highest BCUT2D eigenvalue weighted by Gasteiger charge is 2.13. The van der Waals surface area contributed by atoms with Gasteiger partial charge in [-0.2, -0.15) is 0 Å². The Bertz CT molecular complexity index is 843. The second kappa shape index (κ2) is 7.40. The standard InChI is InChI=1S/C18H19N3O2S/c1-2-12-5-7-13(8-6-12)14-10-24-18-16(14)17(20-11-21-18)19-9-3-4-15(22)23/h5-8,10-11H,2-4,9H2,1H3,(H,22,23)(H,19,20,21). The number of carbonyl (C=O) groups is 1. The van der Waals surface area contributed by atoms with Crippen LogP contribution in [0.15, 0.2) is 36.0 Å². The van der Waals surface area contributed by atoms with E-state index in [1.807, 2.05) is 0 Å². The number of hydrogen-bond acceptors (Lipinski definition) is 5. The average molecular weight is 341 g/mol. The van der Waals surface area contributed by atoms with E-state index in [4.69, 9.17) is 5.11 Å². The number of carboxylic acid groups (broad SMARTS) is 1. The second-order valence-electron chi connectivity index (χ2n) is 5.53. The molecule has 5 nitrogen and oxygen atoms in total. The minimum Gasteiger partial charge on any atom is -0.481 e. The van der Waals surface area contributed by atoms with Crippen molar-refractivity contribution < 1.29 is 9.90 Å². The Labute approximate surface area is 144 Å². The predicted molar refractivity (Wildman–Crippen MR) is 97.6 cm³/mol. The Kier molecular flexibility index (Phi) is 5.05. The quantitative estimate of drug-likeness (QED) is 0.630. The van der Waals surface area contributed by atoms with Gasteiger partial charge in [0.05, 0.1) is 5.39 Å². The van der Waals surface area contributed by atoms with Gasteiger partial charge in [0.1, 0.15) is 17.0 Å². The van der Waals surface area contributed by atoms with Crippen LogP contribution >= 0.6 is 11.3 Å². The first-order valence-corrected chi connectivity index (χ1v) is 8.84. The van der Waals surface area contributed by atoms with E-state index in [-0.39, 0.29) is 6.42 Å². The van der Waals surface area contributed by atoms with Crippen LogP contribution in [0, 0.1) is 0 Å². The van der Waals surface area contributed by atoms with Crippen molar-refractivity contribution in [1.29, 1.82) is 0 Å². The molecule has 24 heavy (non-hydrogen) atoms. The van der Waals surface area contributed by atoms with Gasteiger partial charge in [-0.1, -0.05) is 31.2 Å². The third kappa shape index (κ3) is 3.54. The number of nitrogens with one attached hydrogen (secondary N) is 1. The molecule has 0 saturated heterocycles. The van der Waals surface area contributed by atoms with Crippen molar-refractivity contribution in [3.63, 3.8) is 0 Å². The van der Waals surface area contributed by atoms with Crippen molar-refractivity contribution in [2.45, 2.75) is 26.2 Å². The van der Waals surface area contributed by atoms with E-state index >= 15 is 0 Å². The number of carboxylic acids is 1. The fourth-order valence-electron chi connectivity index (χ4n) is 2.59. The number of anilines is 1. The summed E-state index contributed by atoms with van der Waals surface area (Å²) in [5.41, 5.74) is 3.56. The largest absolute Gasteiger partial charge is 0.481 e. The van der Waals surface area contributed by atoms with Gasteiger partial charge >= 0.3 is 5.97 Å². The molecule has 0 aliphatic rings. The highest BCUT2D eigenvalue weighted by atomic mass is 32.1. The maximum atomic E-state index is 10.6. The first-order valence-electron chi connectivity index (χ1n) is 7.96. The van der Waals surface area contributed by atoms with Gasteiger partial charge < -0.3 is 10.4 Å². The molecule has 0 atom stereocenters. The van der Waals surface area contributed by atoms with Crippen LogP contribution < -0.4 is 5.32 Å². The average Bonchev–Trinajstić information content (AvgIpc) is 3.03. The van der Waals surface area contributed by atoms with Crippen LogP contribution in [-0.4, -0.2) is 27.6 Å². The molecule has 2 heterocycles. The molecule has 3 aromatic rings. The van der Waals surface area contributed by atoms with E-state index in [1.54, 1.807) is 17.7 Å². The molecule has 0 aliphatic carbocycles. The zero-order valence-corrected chi connectivity index (χ0v) is 14.3. The molecule has 0 saturated carbocycles. The van der Waals surface area contributed by atoms with Gasteiger partial charge in [-0.15, -0.1) is 11.3 Å². The fraction of sp³-hybridized carbons (Fsp3) is 0.278. The van der Waals surface area contributed by atoms with Crippen LogP contribution in [0.1, 0.15) is 25.3 Å². The Morgan fingerprint density at radius 1 is 1.25 bits per heavy atom. The van der Waals surface area contributed by atoms with E-state index in [1.165, 1.54) is 5.56 Å². The number of hydrogen-bond donors (Lipinski definition) is 2. The van der Waals surface area contributed by atoms with Crippen molar-refractivity contribution in [2.75, 3.05) is 11.9 Å². The molecule has 0 unspecified atom stereocenters. The van der Waals surface area contributed by atoms with Crippen LogP contribution in [0.4, 0.5) is 5.82 Å². The highest BCUT2D eigenvalue weighted by molar-refractivity contribution is 7.17. The van der Waals surface area contributed by atoms with Crippen molar-refractivity contribution in [2.24, 2.45) is 0 Å². The zero-order chi connectivity index (χ0) is 16.9. The van der Waals surface area contributed by atoms with E-state index in [0.29, 0.717) is 13.0 Å². The SMILES string of the molecule is CCc1ccc(-c2csc3ncnc(NCCCC(=O)O)c23)cc1. The second-order valence-corrected chi connectivity index (χ2v) is 6.38. The van der Waals surface area contributed by atoms with Gasteiger partial charge in [0, 0.05) is 23.9 Å². The third-order valence-corrected chi connectivity index (χ3v) is 4.79. The lowest BCUT2D eigenvalue weighted by atomic mass is 10.0. The molecule has 0 amide bonds. The number of nitrogens with zero attached hydrogens (tertiary/aromatic N) is 2. The number of fused-ring (bicyclic) bond motifs is 1. The molecule has 6 heteroatoms. The Balaban J connectivity index is 1.89. The lowest BCUT2D eigenvalue weighted by Gasteiger charge is -2.08. The number of aliphatic carboxylic acids is 1. The molecular formula is C18H19N3O2S. The molecule has 2 N–H and O–H groups in total.